The second-order valence-electron chi connectivity index (χ2n) is 5.15. The summed E-state index contributed by atoms with van der Waals surface area (Å²) in [6.07, 6.45) is -0.217. The zero-order chi connectivity index (χ0) is 17.3. The SMILES string of the molecule is O=C(O)CC1=C(SCc2cccc(F)c2F)CN([O-])c2sccc21. The van der Waals surface area contributed by atoms with Gasteiger partial charge >= 0.3 is 5.97 Å². The molecule has 1 aromatic heterocycles. The van der Waals surface area contributed by atoms with Gasteiger partial charge in [-0.05, 0) is 23.1 Å². The van der Waals surface area contributed by atoms with E-state index in [9.17, 15) is 18.8 Å². The van der Waals surface area contributed by atoms with E-state index in [1.807, 2.05) is 0 Å². The van der Waals surface area contributed by atoms with Crippen LogP contribution in [-0.2, 0) is 10.5 Å². The minimum atomic E-state index is -1.00. The van der Waals surface area contributed by atoms with Crippen molar-refractivity contribution in [2.75, 3.05) is 11.6 Å². The van der Waals surface area contributed by atoms with Crippen LogP contribution >= 0.6 is 23.1 Å². The summed E-state index contributed by atoms with van der Waals surface area (Å²) in [7, 11) is 0. The highest BCUT2D eigenvalue weighted by Crippen LogP contribution is 2.43. The molecule has 0 saturated carbocycles. The molecule has 2 heterocycles. The van der Waals surface area contributed by atoms with Gasteiger partial charge in [-0.15, -0.1) is 23.1 Å². The van der Waals surface area contributed by atoms with Gasteiger partial charge in [0.05, 0.1) is 11.4 Å². The van der Waals surface area contributed by atoms with E-state index in [0.717, 1.165) is 11.1 Å². The van der Waals surface area contributed by atoms with E-state index < -0.39 is 17.6 Å². The largest absolute Gasteiger partial charge is 0.757 e. The zero-order valence-corrected chi connectivity index (χ0v) is 13.9. The lowest BCUT2D eigenvalue weighted by molar-refractivity contribution is -0.135. The first-order valence-electron chi connectivity index (χ1n) is 6.99. The first-order valence-corrected chi connectivity index (χ1v) is 8.86. The van der Waals surface area contributed by atoms with E-state index in [2.05, 4.69) is 0 Å². The highest BCUT2D eigenvalue weighted by Gasteiger charge is 2.24. The molecule has 0 amide bonds. The number of hydrogen-bond donors (Lipinski definition) is 1. The molecular weight excluding hydrogens is 356 g/mol. The van der Waals surface area contributed by atoms with Crippen molar-refractivity contribution in [2.45, 2.75) is 12.2 Å². The van der Waals surface area contributed by atoms with E-state index in [0.29, 0.717) is 21.0 Å². The number of carboxylic acids is 1. The fourth-order valence-corrected chi connectivity index (χ4v) is 4.43. The van der Waals surface area contributed by atoms with Gasteiger partial charge in [0, 0.05) is 28.3 Å². The first-order chi connectivity index (χ1) is 11.5. The molecule has 0 unspecified atom stereocenters. The molecule has 24 heavy (non-hydrogen) atoms. The van der Waals surface area contributed by atoms with E-state index >= 15 is 0 Å². The summed E-state index contributed by atoms with van der Waals surface area (Å²) >= 11 is 2.42. The number of hydroxylamine groups is 1. The molecule has 126 valence electrons. The van der Waals surface area contributed by atoms with E-state index in [1.54, 1.807) is 11.4 Å². The third kappa shape index (κ3) is 3.31. The lowest BCUT2D eigenvalue weighted by atomic mass is 10.0. The smallest absolute Gasteiger partial charge is 0.307 e. The molecule has 0 aliphatic carbocycles. The maximum Gasteiger partial charge on any atom is 0.307 e. The van der Waals surface area contributed by atoms with Crippen molar-refractivity contribution < 1.29 is 18.7 Å². The second-order valence-corrected chi connectivity index (χ2v) is 7.11. The fraction of sp³-hybridized carbons (Fsp3) is 0.188. The molecule has 0 bridgehead atoms. The van der Waals surface area contributed by atoms with Crippen LogP contribution in [0, 0.1) is 16.8 Å². The number of thiophene rings is 1. The fourth-order valence-electron chi connectivity index (χ4n) is 2.47. The molecule has 0 radical (unpaired) electrons. The molecule has 0 atom stereocenters. The maximum absolute atomic E-state index is 13.8. The first kappa shape index (κ1) is 16.9. The van der Waals surface area contributed by atoms with Crippen LogP contribution in [0.15, 0.2) is 34.6 Å². The van der Waals surface area contributed by atoms with Crippen LogP contribution < -0.4 is 5.06 Å². The summed E-state index contributed by atoms with van der Waals surface area (Å²) in [4.78, 5) is 11.7. The van der Waals surface area contributed by atoms with Gasteiger partial charge in [0.2, 0.25) is 0 Å². The number of carboxylic acid groups (broad SMARTS) is 1. The van der Waals surface area contributed by atoms with Crippen molar-refractivity contribution in [3.05, 3.63) is 62.5 Å². The number of thioether (sulfide) groups is 1. The van der Waals surface area contributed by atoms with Crippen LogP contribution in [0.25, 0.3) is 5.57 Å². The minimum Gasteiger partial charge on any atom is -0.757 e. The monoisotopic (exact) mass is 368 g/mol. The highest BCUT2D eigenvalue weighted by molar-refractivity contribution is 8.02. The minimum absolute atomic E-state index is 0.0116. The Morgan fingerprint density at radius 1 is 1.38 bits per heavy atom. The van der Waals surface area contributed by atoms with Crippen molar-refractivity contribution in [1.29, 1.82) is 0 Å². The number of anilines is 1. The number of aliphatic carboxylic acids is 1. The average Bonchev–Trinajstić information content (AvgIpc) is 3.02. The quantitative estimate of drug-likeness (QED) is 0.844. The predicted octanol–water partition coefficient (Wildman–Crippen LogP) is 4.46. The number of rotatable bonds is 5. The average molecular weight is 368 g/mol. The van der Waals surface area contributed by atoms with Crippen molar-refractivity contribution in [1.82, 2.24) is 0 Å². The van der Waals surface area contributed by atoms with Gasteiger partial charge in [-0.1, -0.05) is 12.1 Å². The number of nitrogens with zero attached hydrogens (tertiary/aromatic N) is 1. The standard InChI is InChI=1S/C16H12F2NO3S2/c17-12-3-1-2-9(15(12)18)8-24-13-7-19(22)16-10(4-5-23-16)11(13)6-14(20)21/h1-5H,6-8H2,(H,20,21)/q-1. The molecule has 2 aromatic rings. The Balaban J connectivity index is 1.91. The zero-order valence-electron chi connectivity index (χ0n) is 12.3. The molecule has 0 spiro atoms. The number of halogens is 2. The molecular formula is C16H12F2NO3S2-. The molecule has 8 heteroatoms. The number of carbonyl (C=O) groups is 1. The summed E-state index contributed by atoms with van der Waals surface area (Å²) in [6, 6.07) is 5.64. The van der Waals surface area contributed by atoms with Crippen LogP contribution in [0.5, 0.6) is 0 Å². The summed E-state index contributed by atoms with van der Waals surface area (Å²) in [6.45, 7) is 0.0116. The van der Waals surface area contributed by atoms with Gasteiger partial charge in [0.25, 0.3) is 0 Å². The number of hydrogen-bond acceptors (Lipinski definition) is 5. The Hall–Kier alpha value is -1.90. The van der Waals surface area contributed by atoms with Gasteiger partial charge in [0.15, 0.2) is 11.6 Å². The lowest BCUT2D eigenvalue weighted by Crippen LogP contribution is -2.22. The van der Waals surface area contributed by atoms with Crippen molar-refractivity contribution in [3.63, 3.8) is 0 Å². The van der Waals surface area contributed by atoms with Crippen molar-refractivity contribution in [3.8, 4) is 0 Å². The van der Waals surface area contributed by atoms with Crippen molar-refractivity contribution >= 4 is 39.6 Å². The molecule has 4 nitrogen and oxygen atoms in total. The Kier molecular flexibility index (Phi) is 4.88. The topological polar surface area (TPSA) is 63.6 Å². The second kappa shape index (κ2) is 6.92. The van der Waals surface area contributed by atoms with E-state index in [1.165, 1.54) is 35.2 Å². The molecule has 1 aliphatic rings. The third-order valence-corrected chi connectivity index (χ3v) is 5.68. The van der Waals surface area contributed by atoms with E-state index in [4.69, 9.17) is 5.11 Å². The molecule has 0 fully saturated rings. The van der Waals surface area contributed by atoms with Crippen LogP contribution in [0.1, 0.15) is 17.5 Å². The van der Waals surface area contributed by atoms with Gasteiger partial charge < -0.3 is 15.4 Å². The van der Waals surface area contributed by atoms with E-state index in [-0.39, 0.29) is 24.3 Å². The summed E-state index contributed by atoms with van der Waals surface area (Å²) < 4.78 is 27.0. The Morgan fingerprint density at radius 2 is 2.17 bits per heavy atom. The summed E-state index contributed by atoms with van der Waals surface area (Å²) in [5.41, 5.74) is 1.34. The highest BCUT2D eigenvalue weighted by atomic mass is 32.2. The number of benzene rings is 1. The molecule has 3 rings (SSSR count). The molecule has 0 saturated heterocycles. The molecule has 1 N–H and O–H groups in total. The Labute approximate surface area is 145 Å². The lowest BCUT2D eigenvalue weighted by Gasteiger charge is -2.36. The third-order valence-electron chi connectivity index (χ3n) is 3.58. The summed E-state index contributed by atoms with van der Waals surface area (Å²) in [5.74, 6) is -2.73. The molecule has 1 aromatic carbocycles. The number of fused-ring (bicyclic) bond motifs is 1. The van der Waals surface area contributed by atoms with Gasteiger partial charge in [0.1, 0.15) is 0 Å². The van der Waals surface area contributed by atoms with Gasteiger partial charge in [-0.2, -0.15) is 0 Å². The Morgan fingerprint density at radius 3 is 2.92 bits per heavy atom. The van der Waals surface area contributed by atoms with Crippen LogP contribution in [0.3, 0.4) is 0 Å². The van der Waals surface area contributed by atoms with Crippen LogP contribution in [-0.4, -0.2) is 17.6 Å². The van der Waals surface area contributed by atoms with Gasteiger partial charge in [-0.3, -0.25) is 4.79 Å². The molecule has 1 aliphatic heterocycles. The van der Waals surface area contributed by atoms with Crippen LogP contribution in [0.4, 0.5) is 13.8 Å². The predicted molar refractivity (Wildman–Crippen MR) is 91.9 cm³/mol. The summed E-state index contributed by atoms with van der Waals surface area (Å²) in [5, 5.41) is 24.3. The van der Waals surface area contributed by atoms with Crippen LogP contribution in [0.2, 0.25) is 0 Å². The van der Waals surface area contributed by atoms with Crippen molar-refractivity contribution in [2.24, 2.45) is 0 Å². The Bertz CT molecular complexity index is 819. The normalized spacial score (nSPS) is 14.0. The van der Waals surface area contributed by atoms with Gasteiger partial charge in [-0.25, -0.2) is 8.78 Å². The maximum atomic E-state index is 13.8.